The van der Waals surface area contributed by atoms with Gasteiger partial charge in [-0.25, -0.2) is 4.39 Å². The third-order valence-corrected chi connectivity index (χ3v) is 3.45. The molecule has 0 aromatic heterocycles. The number of amides is 1. The Morgan fingerprint density at radius 3 is 2.90 bits per heavy atom. The molecule has 1 aromatic carbocycles. The van der Waals surface area contributed by atoms with Crippen molar-refractivity contribution in [2.45, 2.75) is 19.4 Å². The number of benzene rings is 1. The van der Waals surface area contributed by atoms with Crippen LogP contribution in [0.4, 0.5) is 4.39 Å². The minimum Gasteiger partial charge on any atom is -0.384 e. The summed E-state index contributed by atoms with van der Waals surface area (Å²) >= 11 is 1.63. The summed E-state index contributed by atoms with van der Waals surface area (Å²) in [5, 5.41) is 11.5. The Morgan fingerprint density at radius 2 is 2.30 bits per heavy atom. The Labute approximate surface area is 123 Å². The van der Waals surface area contributed by atoms with E-state index >= 15 is 0 Å². The van der Waals surface area contributed by atoms with Crippen molar-refractivity contribution in [2.75, 3.05) is 18.6 Å². The van der Waals surface area contributed by atoms with E-state index in [4.69, 9.17) is 5.11 Å². The third-order valence-electron chi connectivity index (χ3n) is 2.72. The van der Waals surface area contributed by atoms with Gasteiger partial charge < -0.3 is 10.4 Å². The molecule has 1 amide bonds. The summed E-state index contributed by atoms with van der Waals surface area (Å²) in [4.78, 5) is 12.1. The number of carbonyl (C=O) groups excluding carboxylic acids is 1. The average molecular weight is 295 g/mol. The predicted molar refractivity (Wildman–Crippen MR) is 80.3 cm³/mol. The Balaban J connectivity index is 2.91. The normalized spacial score (nSPS) is 11.4. The summed E-state index contributed by atoms with van der Waals surface area (Å²) in [6.07, 6.45) is 2.75. The van der Waals surface area contributed by atoms with Crippen LogP contribution in [0.3, 0.4) is 0 Å². The zero-order valence-corrected chi connectivity index (χ0v) is 12.4. The van der Waals surface area contributed by atoms with Crippen LogP contribution in [0.5, 0.6) is 0 Å². The van der Waals surface area contributed by atoms with E-state index in [0.717, 1.165) is 12.2 Å². The minimum atomic E-state index is -0.573. The highest BCUT2D eigenvalue weighted by Gasteiger charge is 2.15. The van der Waals surface area contributed by atoms with Crippen LogP contribution in [0.2, 0.25) is 0 Å². The van der Waals surface area contributed by atoms with Crippen molar-refractivity contribution in [1.29, 1.82) is 0 Å². The van der Waals surface area contributed by atoms with E-state index in [-0.39, 0.29) is 18.2 Å². The number of aliphatic hydroxyl groups is 1. The molecule has 5 heteroatoms. The van der Waals surface area contributed by atoms with Crippen LogP contribution in [0.1, 0.15) is 29.3 Å². The van der Waals surface area contributed by atoms with Gasteiger partial charge >= 0.3 is 0 Å². The van der Waals surface area contributed by atoms with Crippen molar-refractivity contribution in [3.8, 4) is 11.8 Å². The van der Waals surface area contributed by atoms with Crippen molar-refractivity contribution in [3.05, 3.63) is 35.1 Å². The van der Waals surface area contributed by atoms with Gasteiger partial charge in [-0.15, -0.1) is 0 Å². The van der Waals surface area contributed by atoms with Gasteiger partial charge in [0, 0.05) is 17.4 Å². The molecule has 1 rings (SSSR count). The second-order valence-corrected chi connectivity index (χ2v) is 5.10. The van der Waals surface area contributed by atoms with Crippen LogP contribution in [0.25, 0.3) is 0 Å². The zero-order valence-electron chi connectivity index (χ0n) is 11.6. The lowest BCUT2D eigenvalue weighted by atomic mass is 10.1. The SMILES string of the molecule is CCC(CSC)NC(=O)c1cc(C#CCO)ccc1F. The Hall–Kier alpha value is -1.51. The lowest BCUT2D eigenvalue weighted by Crippen LogP contribution is -2.36. The number of thioether (sulfide) groups is 1. The van der Waals surface area contributed by atoms with Crippen LogP contribution in [0, 0.1) is 17.7 Å². The summed E-state index contributed by atoms with van der Waals surface area (Å²) in [5.74, 6) is 4.91. The third kappa shape index (κ3) is 4.87. The number of hydrogen-bond acceptors (Lipinski definition) is 3. The first-order valence-electron chi connectivity index (χ1n) is 6.31. The van der Waals surface area contributed by atoms with E-state index in [9.17, 15) is 9.18 Å². The summed E-state index contributed by atoms with van der Waals surface area (Å²) in [5.41, 5.74) is 0.484. The molecule has 0 aliphatic carbocycles. The highest BCUT2D eigenvalue weighted by Crippen LogP contribution is 2.11. The molecule has 0 bridgehead atoms. The molecule has 1 unspecified atom stereocenters. The van der Waals surface area contributed by atoms with Crippen LogP contribution >= 0.6 is 11.8 Å². The first kappa shape index (κ1) is 16.5. The van der Waals surface area contributed by atoms with Crippen molar-refractivity contribution in [3.63, 3.8) is 0 Å². The molecule has 2 N–H and O–H groups in total. The van der Waals surface area contributed by atoms with Crippen LogP contribution in [-0.4, -0.2) is 35.7 Å². The second-order valence-electron chi connectivity index (χ2n) is 4.19. The van der Waals surface area contributed by atoms with Crippen molar-refractivity contribution in [1.82, 2.24) is 5.32 Å². The van der Waals surface area contributed by atoms with Crippen molar-refractivity contribution >= 4 is 17.7 Å². The van der Waals surface area contributed by atoms with Gasteiger partial charge in [-0.05, 0) is 30.9 Å². The smallest absolute Gasteiger partial charge is 0.254 e. The quantitative estimate of drug-likeness (QED) is 0.817. The molecule has 0 aliphatic rings. The molecule has 1 aromatic rings. The Kier molecular flexibility index (Phi) is 7.13. The zero-order chi connectivity index (χ0) is 15.0. The number of rotatable bonds is 5. The molecule has 0 saturated heterocycles. The van der Waals surface area contributed by atoms with Crippen molar-refractivity contribution in [2.24, 2.45) is 0 Å². The summed E-state index contributed by atoms with van der Waals surface area (Å²) in [7, 11) is 0. The van der Waals surface area contributed by atoms with E-state index in [2.05, 4.69) is 17.2 Å². The molecule has 20 heavy (non-hydrogen) atoms. The van der Waals surface area contributed by atoms with Crippen LogP contribution in [-0.2, 0) is 0 Å². The van der Waals surface area contributed by atoms with Gasteiger partial charge in [-0.3, -0.25) is 4.79 Å². The molecule has 0 heterocycles. The fraction of sp³-hybridized carbons (Fsp3) is 0.400. The molecule has 0 fully saturated rings. The molecule has 0 aliphatic heterocycles. The number of halogens is 1. The minimum absolute atomic E-state index is 0.0177. The number of carbonyl (C=O) groups is 1. The molecular weight excluding hydrogens is 277 g/mol. The Morgan fingerprint density at radius 1 is 1.55 bits per heavy atom. The monoisotopic (exact) mass is 295 g/mol. The van der Waals surface area contributed by atoms with Crippen LogP contribution in [0.15, 0.2) is 18.2 Å². The van der Waals surface area contributed by atoms with Gasteiger partial charge in [0.15, 0.2) is 0 Å². The van der Waals surface area contributed by atoms with Gasteiger partial charge in [0.25, 0.3) is 5.91 Å². The molecule has 0 radical (unpaired) electrons. The van der Waals surface area contributed by atoms with E-state index < -0.39 is 11.7 Å². The van der Waals surface area contributed by atoms with Gasteiger partial charge in [0.2, 0.25) is 0 Å². The largest absolute Gasteiger partial charge is 0.384 e. The highest BCUT2D eigenvalue weighted by atomic mass is 32.2. The fourth-order valence-corrected chi connectivity index (χ4v) is 2.37. The summed E-state index contributed by atoms with van der Waals surface area (Å²) < 4.78 is 13.7. The second kappa shape index (κ2) is 8.62. The predicted octanol–water partition coefficient (Wildman–Crippen LogP) is 2.04. The highest BCUT2D eigenvalue weighted by molar-refractivity contribution is 7.98. The first-order valence-corrected chi connectivity index (χ1v) is 7.70. The molecule has 3 nitrogen and oxygen atoms in total. The van der Waals surface area contributed by atoms with E-state index in [1.165, 1.54) is 18.2 Å². The van der Waals surface area contributed by atoms with Gasteiger partial charge in [-0.2, -0.15) is 11.8 Å². The van der Waals surface area contributed by atoms with Gasteiger partial charge in [-0.1, -0.05) is 18.8 Å². The van der Waals surface area contributed by atoms with Crippen molar-refractivity contribution < 1.29 is 14.3 Å². The first-order chi connectivity index (χ1) is 9.62. The molecule has 0 saturated carbocycles. The lowest BCUT2D eigenvalue weighted by Gasteiger charge is -2.16. The summed E-state index contributed by atoms with van der Waals surface area (Å²) in [6, 6.07) is 4.11. The maximum Gasteiger partial charge on any atom is 0.254 e. The Bertz CT molecular complexity index is 522. The van der Waals surface area contributed by atoms with Crippen LogP contribution < -0.4 is 5.32 Å². The molecule has 108 valence electrons. The molecule has 1 atom stereocenters. The fourth-order valence-electron chi connectivity index (χ4n) is 1.64. The topological polar surface area (TPSA) is 49.3 Å². The maximum absolute atomic E-state index is 13.7. The molecular formula is C15H18FNO2S. The standard InChI is InChI=1S/C15H18FNO2S/c1-3-12(10-20-2)17-15(19)13-9-11(5-4-8-18)6-7-14(13)16/h6-7,9,12,18H,3,8,10H2,1-2H3,(H,17,19). The van der Waals surface area contributed by atoms with E-state index in [0.29, 0.717) is 5.56 Å². The number of hydrogen-bond donors (Lipinski definition) is 2. The number of nitrogens with one attached hydrogen (secondary N) is 1. The molecule has 0 spiro atoms. The van der Waals surface area contributed by atoms with E-state index in [1.54, 1.807) is 11.8 Å². The lowest BCUT2D eigenvalue weighted by molar-refractivity contribution is 0.0936. The maximum atomic E-state index is 13.7. The average Bonchev–Trinajstić information content (AvgIpc) is 2.45. The number of aliphatic hydroxyl groups excluding tert-OH is 1. The summed E-state index contributed by atoms with van der Waals surface area (Å²) in [6.45, 7) is 1.70. The van der Waals surface area contributed by atoms with Gasteiger partial charge in [0.1, 0.15) is 12.4 Å². The van der Waals surface area contributed by atoms with E-state index in [1.807, 2.05) is 13.2 Å². The van der Waals surface area contributed by atoms with Gasteiger partial charge in [0.05, 0.1) is 5.56 Å².